The molecule has 4 N–H and O–H groups in total. The third-order valence-electron chi connectivity index (χ3n) is 5.01. The molecule has 1 amide bonds. The van der Waals surface area contributed by atoms with E-state index in [4.69, 9.17) is 9.52 Å². The van der Waals surface area contributed by atoms with Crippen molar-refractivity contribution in [1.82, 2.24) is 15.0 Å². The van der Waals surface area contributed by atoms with E-state index in [0.717, 1.165) is 23.9 Å². The number of aromatic nitrogens is 1. The number of rotatable bonds is 13. The number of hydrogen-bond donors (Lipinski definition) is 4. The first-order valence-electron chi connectivity index (χ1n) is 11.5. The van der Waals surface area contributed by atoms with Crippen LogP contribution in [0, 0.1) is 4.78 Å². The van der Waals surface area contributed by atoms with Gasteiger partial charge in [-0.2, -0.15) is 13.2 Å². The third-order valence-corrected chi connectivity index (χ3v) is 7.39. The summed E-state index contributed by atoms with van der Waals surface area (Å²) in [7, 11) is -3.76. The summed E-state index contributed by atoms with van der Waals surface area (Å²) in [6, 6.07) is 11.1. The molecule has 3 rings (SSSR count). The van der Waals surface area contributed by atoms with Gasteiger partial charge in [0.1, 0.15) is 27.1 Å². The van der Waals surface area contributed by atoms with Crippen molar-refractivity contribution < 1.29 is 26.9 Å². The number of anilines is 1. The summed E-state index contributed by atoms with van der Waals surface area (Å²) in [5, 5.41) is 7.53. The summed E-state index contributed by atoms with van der Waals surface area (Å²) in [5.74, 6) is -0.563. The Balaban J connectivity index is 2.03. The summed E-state index contributed by atoms with van der Waals surface area (Å²) in [4.78, 5) is 16.6. The molecule has 0 spiro atoms. The molecule has 0 saturated heterocycles. The number of amides is 1. The number of halogens is 3. The predicted octanol–water partition coefficient (Wildman–Crippen LogP) is 5.59. The van der Waals surface area contributed by atoms with Gasteiger partial charge in [0.15, 0.2) is 5.75 Å². The highest BCUT2D eigenvalue weighted by Crippen LogP contribution is 2.38. The summed E-state index contributed by atoms with van der Waals surface area (Å²) in [5.41, 5.74) is 0.0639. The van der Waals surface area contributed by atoms with Crippen molar-refractivity contribution in [3.63, 3.8) is 0 Å². The van der Waals surface area contributed by atoms with E-state index in [2.05, 4.69) is 15.0 Å². The van der Waals surface area contributed by atoms with Gasteiger partial charge in [-0.05, 0) is 30.7 Å². The lowest BCUT2D eigenvalue weighted by molar-refractivity contribution is -0.123. The molecule has 1 heterocycles. The van der Waals surface area contributed by atoms with Gasteiger partial charge in [-0.25, -0.2) is 18.7 Å². The molecule has 3 aromatic rings. The van der Waals surface area contributed by atoms with Crippen LogP contribution < -0.4 is 20.1 Å². The molecule has 0 aliphatic carbocycles. The van der Waals surface area contributed by atoms with Crippen LogP contribution in [0.4, 0.5) is 18.9 Å². The van der Waals surface area contributed by atoms with Crippen LogP contribution >= 0.6 is 11.3 Å². The minimum absolute atomic E-state index is 0.0522. The number of thiazole rings is 1. The Kier molecular flexibility index (Phi) is 9.89. The fraction of sp³-hybridized carbons (Fsp3) is 0.333. The molecule has 1 unspecified atom stereocenters. The second-order valence-electron chi connectivity index (χ2n) is 7.97. The normalized spacial score (nSPS) is 13.1. The van der Waals surface area contributed by atoms with Crippen molar-refractivity contribution in [2.45, 2.75) is 37.3 Å². The van der Waals surface area contributed by atoms with Gasteiger partial charge in [0, 0.05) is 36.7 Å². The quantitative estimate of drug-likeness (QED) is 0.205. The van der Waals surface area contributed by atoms with Crippen LogP contribution in [0.1, 0.15) is 35.1 Å². The molecule has 1 atom stereocenters. The Morgan fingerprint density at radius 3 is 2.59 bits per heavy atom. The average molecular weight is 556 g/mol. The van der Waals surface area contributed by atoms with E-state index >= 15 is 0 Å². The number of nitrogens with zero attached hydrogens (tertiary/aromatic N) is 1. The number of hydrogen-bond acceptors (Lipinski definition) is 7. The fourth-order valence-electron chi connectivity index (χ4n) is 3.23. The number of benzene rings is 2. The minimum atomic E-state index is -4.60. The maximum absolute atomic E-state index is 13.6. The van der Waals surface area contributed by atoms with Gasteiger partial charge in [-0.15, -0.1) is 11.3 Å². The number of ether oxygens (including phenoxy) is 1. The van der Waals surface area contributed by atoms with Crippen LogP contribution in [0.2, 0.25) is 0 Å². The van der Waals surface area contributed by atoms with E-state index < -0.39 is 28.5 Å². The first-order chi connectivity index (χ1) is 17.6. The predicted molar refractivity (Wildman–Crippen MR) is 138 cm³/mol. The second-order valence-corrected chi connectivity index (χ2v) is 10.8. The van der Waals surface area contributed by atoms with Crippen LogP contribution in [0.3, 0.4) is 0 Å². The average Bonchev–Trinajstić information content (AvgIpc) is 3.37. The maximum Gasteiger partial charge on any atom is 0.405 e. The highest BCUT2D eigenvalue weighted by molar-refractivity contribution is 7.90. The van der Waals surface area contributed by atoms with Crippen LogP contribution in [-0.2, 0) is 16.3 Å². The maximum atomic E-state index is 13.6. The first-order valence-corrected chi connectivity index (χ1v) is 13.9. The topological polar surface area (TPSA) is 116 Å². The summed E-state index contributed by atoms with van der Waals surface area (Å²) >= 11 is 1.42. The molecule has 0 aliphatic heterocycles. The number of carbonyl (C=O) groups is 1. The van der Waals surface area contributed by atoms with Gasteiger partial charge in [0.25, 0.3) is 5.91 Å². The minimum Gasteiger partial charge on any atom is -0.454 e. The van der Waals surface area contributed by atoms with Crippen LogP contribution in [-0.4, -0.2) is 40.9 Å². The smallest absolute Gasteiger partial charge is 0.405 e. The molecule has 200 valence electrons. The summed E-state index contributed by atoms with van der Waals surface area (Å²) in [6.45, 7) is 1.07. The molecule has 0 fully saturated rings. The Morgan fingerprint density at radius 1 is 1.19 bits per heavy atom. The molecule has 0 saturated carbocycles. The Hall–Kier alpha value is -3.16. The highest BCUT2D eigenvalue weighted by Gasteiger charge is 2.29. The molecular formula is C24H28F3N5O3S2. The number of unbranched alkanes of at least 4 members (excludes halogenated alkanes) is 1. The molecule has 0 radical (unpaired) electrons. The molecule has 2 aromatic carbocycles. The monoisotopic (exact) mass is 555 g/mol. The molecule has 37 heavy (non-hydrogen) atoms. The van der Waals surface area contributed by atoms with Crippen LogP contribution in [0.15, 0.2) is 58.9 Å². The molecule has 1 aromatic heterocycles. The van der Waals surface area contributed by atoms with Crippen molar-refractivity contribution in [2.24, 2.45) is 0 Å². The number of carbonyl (C=O) groups excluding carboxylic acids is 1. The van der Waals surface area contributed by atoms with Crippen molar-refractivity contribution in [1.29, 1.82) is 4.78 Å². The molecule has 0 aliphatic rings. The Labute approximate surface area is 217 Å². The van der Waals surface area contributed by atoms with E-state index in [1.54, 1.807) is 41.9 Å². The third kappa shape index (κ3) is 8.72. The van der Waals surface area contributed by atoms with Gasteiger partial charge >= 0.3 is 6.18 Å². The Bertz CT molecular complexity index is 1270. The van der Waals surface area contributed by atoms with Gasteiger partial charge in [-0.3, -0.25) is 4.79 Å². The Morgan fingerprint density at radius 2 is 1.95 bits per heavy atom. The van der Waals surface area contributed by atoms with Gasteiger partial charge in [0.2, 0.25) is 0 Å². The summed E-state index contributed by atoms with van der Waals surface area (Å²) in [6.07, 6.45) is -0.935. The van der Waals surface area contributed by atoms with Gasteiger partial charge in [-0.1, -0.05) is 31.5 Å². The lowest BCUT2D eigenvalue weighted by Crippen LogP contribution is -2.34. The SMILES string of the molecule is CCCCNc1cc(C(=O)NCC(F)(F)F)cc(S(=N)(=O)NCCc2nccs2)c1Oc1ccccc1. The van der Waals surface area contributed by atoms with Crippen molar-refractivity contribution in [2.75, 3.05) is 25.0 Å². The largest absolute Gasteiger partial charge is 0.454 e. The van der Waals surface area contributed by atoms with Gasteiger partial charge in [0.05, 0.1) is 10.7 Å². The zero-order chi connectivity index (χ0) is 26.9. The van der Waals surface area contributed by atoms with E-state index in [1.165, 1.54) is 17.4 Å². The van der Waals surface area contributed by atoms with E-state index in [0.29, 0.717) is 18.7 Å². The van der Waals surface area contributed by atoms with Crippen molar-refractivity contribution >= 4 is 32.8 Å². The van der Waals surface area contributed by atoms with Gasteiger partial charge < -0.3 is 15.4 Å². The zero-order valence-corrected chi connectivity index (χ0v) is 21.7. The number of alkyl halides is 3. The highest BCUT2D eigenvalue weighted by atomic mass is 32.2. The second kappa shape index (κ2) is 12.9. The first kappa shape index (κ1) is 28.4. The van der Waals surface area contributed by atoms with Crippen molar-refractivity contribution in [3.8, 4) is 11.5 Å². The fourth-order valence-corrected chi connectivity index (χ4v) is 5.10. The lowest BCUT2D eigenvalue weighted by atomic mass is 10.1. The molecule has 8 nitrogen and oxygen atoms in total. The summed E-state index contributed by atoms with van der Waals surface area (Å²) < 4.78 is 69.1. The van der Waals surface area contributed by atoms with E-state index in [-0.39, 0.29) is 28.4 Å². The standard InChI is InChI=1S/C24H28F3N5O3S2/c1-2-3-10-29-19-14-17(23(33)31-16-24(25,26)27)15-20(22(19)35-18-7-5-4-6-8-18)37(28,34)32-11-9-21-30-12-13-36-21/h4-8,12-15,29H,2-3,9-11,16H2,1H3,(H,31,33)(H2,28,32,34). The van der Waals surface area contributed by atoms with Crippen molar-refractivity contribution in [3.05, 3.63) is 64.6 Å². The van der Waals surface area contributed by atoms with E-state index in [1.807, 2.05) is 12.2 Å². The molecular weight excluding hydrogens is 527 g/mol. The molecule has 13 heteroatoms. The van der Waals surface area contributed by atoms with Crippen LogP contribution in [0.25, 0.3) is 0 Å². The molecule has 0 bridgehead atoms. The number of nitrogens with one attached hydrogen (secondary N) is 4. The lowest BCUT2D eigenvalue weighted by Gasteiger charge is -2.20. The van der Waals surface area contributed by atoms with E-state index in [9.17, 15) is 22.2 Å². The number of para-hydroxylation sites is 1. The van der Waals surface area contributed by atoms with Crippen LogP contribution in [0.5, 0.6) is 11.5 Å². The zero-order valence-electron chi connectivity index (χ0n) is 20.1.